The molecule has 5 heteroatoms. The third kappa shape index (κ3) is 2.50. The quantitative estimate of drug-likeness (QED) is 0.784. The fourth-order valence-corrected chi connectivity index (χ4v) is 1.92. The standard InChI is InChI=1S/C13H15FN2O2/c14-13(7-4-8-15-11(13)17)12(18)16-9-10-5-2-1-3-6-10/h1-3,5-6H,4,7-9H2,(H,15,17)(H,16,18). The van der Waals surface area contributed by atoms with Crippen molar-refractivity contribution in [3.63, 3.8) is 0 Å². The zero-order chi connectivity index (χ0) is 13.0. The molecule has 1 aromatic carbocycles. The molecule has 0 aromatic heterocycles. The molecule has 1 unspecified atom stereocenters. The molecule has 0 radical (unpaired) electrons. The largest absolute Gasteiger partial charge is 0.353 e. The van der Waals surface area contributed by atoms with Gasteiger partial charge in [-0.3, -0.25) is 9.59 Å². The number of nitrogens with one attached hydrogen (secondary N) is 2. The summed E-state index contributed by atoms with van der Waals surface area (Å²) in [4.78, 5) is 23.2. The van der Waals surface area contributed by atoms with E-state index in [1.807, 2.05) is 30.3 Å². The van der Waals surface area contributed by atoms with Crippen LogP contribution in [0.2, 0.25) is 0 Å². The number of benzene rings is 1. The molecule has 1 aliphatic rings. The van der Waals surface area contributed by atoms with E-state index in [2.05, 4.69) is 10.6 Å². The second-order valence-corrected chi connectivity index (χ2v) is 4.33. The Balaban J connectivity index is 1.97. The number of piperidine rings is 1. The number of halogens is 1. The van der Waals surface area contributed by atoms with E-state index >= 15 is 0 Å². The maximum atomic E-state index is 14.2. The first-order valence-corrected chi connectivity index (χ1v) is 5.92. The lowest BCUT2D eigenvalue weighted by Crippen LogP contribution is -2.57. The van der Waals surface area contributed by atoms with Gasteiger partial charge in [0.05, 0.1) is 0 Å². The molecule has 1 aromatic rings. The predicted octanol–water partition coefficient (Wildman–Crippen LogP) is 0.921. The fourth-order valence-electron chi connectivity index (χ4n) is 1.92. The first-order chi connectivity index (χ1) is 8.63. The maximum absolute atomic E-state index is 14.2. The van der Waals surface area contributed by atoms with Gasteiger partial charge in [0.25, 0.3) is 17.5 Å². The maximum Gasteiger partial charge on any atom is 0.267 e. The van der Waals surface area contributed by atoms with Gasteiger partial charge in [-0.15, -0.1) is 0 Å². The van der Waals surface area contributed by atoms with Crippen LogP contribution in [0.3, 0.4) is 0 Å². The molecule has 1 atom stereocenters. The molecule has 2 rings (SSSR count). The molecule has 0 bridgehead atoms. The summed E-state index contributed by atoms with van der Waals surface area (Å²) in [5.74, 6) is -1.69. The molecule has 1 saturated heterocycles. The van der Waals surface area contributed by atoms with E-state index in [-0.39, 0.29) is 13.0 Å². The molecule has 1 fully saturated rings. The number of hydrogen-bond donors (Lipinski definition) is 2. The molecule has 18 heavy (non-hydrogen) atoms. The van der Waals surface area contributed by atoms with Crippen molar-refractivity contribution in [1.29, 1.82) is 0 Å². The molecule has 2 amide bonds. The molecular weight excluding hydrogens is 235 g/mol. The smallest absolute Gasteiger partial charge is 0.267 e. The van der Waals surface area contributed by atoms with Gasteiger partial charge < -0.3 is 10.6 Å². The summed E-state index contributed by atoms with van der Waals surface area (Å²) in [5, 5.41) is 4.84. The van der Waals surface area contributed by atoms with Gasteiger partial charge >= 0.3 is 0 Å². The van der Waals surface area contributed by atoms with E-state index < -0.39 is 17.5 Å². The summed E-state index contributed by atoms with van der Waals surface area (Å²) in [6.07, 6.45) is 0.417. The van der Waals surface area contributed by atoms with Crippen molar-refractivity contribution in [2.45, 2.75) is 25.1 Å². The second kappa shape index (κ2) is 5.16. The Morgan fingerprint density at radius 1 is 1.39 bits per heavy atom. The summed E-state index contributed by atoms with van der Waals surface area (Å²) >= 11 is 0. The summed E-state index contributed by atoms with van der Waals surface area (Å²) < 4.78 is 14.2. The van der Waals surface area contributed by atoms with Crippen LogP contribution < -0.4 is 10.6 Å². The summed E-state index contributed by atoms with van der Waals surface area (Å²) in [6, 6.07) is 9.18. The molecular formula is C13H15FN2O2. The van der Waals surface area contributed by atoms with E-state index in [1.54, 1.807) is 0 Å². The normalized spacial score (nSPS) is 23.3. The first-order valence-electron chi connectivity index (χ1n) is 5.92. The van der Waals surface area contributed by atoms with Gasteiger partial charge in [0, 0.05) is 19.5 Å². The lowest BCUT2D eigenvalue weighted by Gasteiger charge is -2.27. The van der Waals surface area contributed by atoms with Gasteiger partial charge in [0.15, 0.2) is 0 Å². The molecule has 0 spiro atoms. The zero-order valence-electron chi connectivity index (χ0n) is 9.91. The highest BCUT2D eigenvalue weighted by atomic mass is 19.1. The minimum absolute atomic E-state index is 0.0561. The fraction of sp³-hybridized carbons (Fsp3) is 0.385. The van der Waals surface area contributed by atoms with E-state index in [0.717, 1.165) is 5.56 Å². The Labute approximate surface area is 105 Å². The number of hydrogen-bond acceptors (Lipinski definition) is 2. The second-order valence-electron chi connectivity index (χ2n) is 4.33. The highest BCUT2D eigenvalue weighted by molar-refractivity contribution is 6.08. The van der Waals surface area contributed by atoms with Gasteiger partial charge in [-0.1, -0.05) is 30.3 Å². The topological polar surface area (TPSA) is 58.2 Å². The summed E-state index contributed by atoms with van der Waals surface area (Å²) in [6.45, 7) is 0.648. The Morgan fingerprint density at radius 2 is 2.11 bits per heavy atom. The first kappa shape index (κ1) is 12.5. The number of rotatable bonds is 3. The monoisotopic (exact) mass is 250 g/mol. The Hall–Kier alpha value is -1.91. The van der Waals surface area contributed by atoms with Crippen molar-refractivity contribution in [2.75, 3.05) is 6.54 Å². The minimum Gasteiger partial charge on any atom is -0.353 e. The van der Waals surface area contributed by atoms with Crippen LogP contribution in [0.1, 0.15) is 18.4 Å². The number of carbonyl (C=O) groups excluding carboxylic acids is 2. The van der Waals surface area contributed by atoms with E-state index in [9.17, 15) is 14.0 Å². The average Bonchev–Trinajstić information content (AvgIpc) is 2.40. The lowest BCUT2D eigenvalue weighted by molar-refractivity contribution is -0.148. The molecule has 0 saturated carbocycles. The highest BCUT2D eigenvalue weighted by Gasteiger charge is 2.47. The van der Waals surface area contributed by atoms with E-state index in [1.165, 1.54) is 0 Å². The van der Waals surface area contributed by atoms with Crippen molar-refractivity contribution in [3.8, 4) is 0 Å². The minimum atomic E-state index is -2.42. The third-order valence-electron chi connectivity index (χ3n) is 3.00. The summed E-state index contributed by atoms with van der Waals surface area (Å²) in [5.41, 5.74) is -1.56. The Kier molecular flexibility index (Phi) is 3.60. The molecule has 2 N–H and O–H groups in total. The number of alkyl halides is 1. The Morgan fingerprint density at radius 3 is 2.78 bits per heavy atom. The van der Waals surface area contributed by atoms with Crippen LogP contribution in [0, 0.1) is 0 Å². The van der Waals surface area contributed by atoms with Crippen molar-refractivity contribution in [2.24, 2.45) is 0 Å². The SMILES string of the molecule is O=C1NCCCC1(F)C(=O)NCc1ccccc1. The number of amides is 2. The third-order valence-corrected chi connectivity index (χ3v) is 3.00. The molecule has 0 aliphatic carbocycles. The van der Waals surface area contributed by atoms with E-state index in [0.29, 0.717) is 13.0 Å². The predicted molar refractivity (Wildman–Crippen MR) is 64.4 cm³/mol. The van der Waals surface area contributed by atoms with Gasteiger partial charge in [0.2, 0.25) is 0 Å². The van der Waals surface area contributed by atoms with Crippen molar-refractivity contribution in [1.82, 2.24) is 10.6 Å². The van der Waals surface area contributed by atoms with Crippen molar-refractivity contribution < 1.29 is 14.0 Å². The van der Waals surface area contributed by atoms with Gasteiger partial charge in [-0.25, -0.2) is 4.39 Å². The van der Waals surface area contributed by atoms with Crippen LogP contribution >= 0.6 is 0 Å². The Bertz CT molecular complexity index is 450. The summed E-state index contributed by atoms with van der Waals surface area (Å²) in [7, 11) is 0. The van der Waals surface area contributed by atoms with Crippen LogP contribution in [0.15, 0.2) is 30.3 Å². The zero-order valence-corrected chi connectivity index (χ0v) is 9.91. The van der Waals surface area contributed by atoms with Crippen molar-refractivity contribution >= 4 is 11.8 Å². The van der Waals surface area contributed by atoms with Crippen LogP contribution in [0.25, 0.3) is 0 Å². The van der Waals surface area contributed by atoms with Gasteiger partial charge in [-0.05, 0) is 12.0 Å². The molecule has 4 nitrogen and oxygen atoms in total. The molecule has 1 aliphatic heterocycles. The molecule has 1 heterocycles. The van der Waals surface area contributed by atoms with Gasteiger partial charge in [-0.2, -0.15) is 0 Å². The molecule has 96 valence electrons. The average molecular weight is 250 g/mol. The van der Waals surface area contributed by atoms with E-state index in [4.69, 9.17) is 0 Å². The van der Waals surface area contributed by atoms with Crippen LogP contribution in [-0.2, 0) is 16.1 Å². The van der Waals surface area contributed by atoms with Gasteiger partial charge in [0.1, 0.15) is 0 Å². The van der Waals surface area contributed by atoms with Crippen molar-refractivity contribution in [3.05, 3.63) is 35.9 Å². The van der Waals surface area contributed by atoms with Crippen LogP contribution in [0.5, 0.6) is 0 Å². The highest BCUT2D eigenvalue weighted by Crippen LogP contribution is 2.22. The van der Waals surface area contributed by atoms with Crippen LogP contribution in [0.4, 0.5) is 4.39 Å². The lowest BCUT2D eigenvalue weighted by atomic mass is 9.94. The number of carbonyl (C=O) groups is 2. The van der Waals surface area contributed by atoms with Crippen LogP contribution in [-0.4, -0.2) is 24.0 Å².